The van der Waals surface area contributed by atoms with Crippen molar-refractivity contribution in [1.29, 1.82) is 0 Å². The summed E-state index contributed by atoms with van der Waals surface area (Å²) in [5, 5.41) is 3.45. The van der Waals surface area contributed by atoms with Gasteiger partial charge in [0.1, 0.15) is 0 Å². The molecule has 2 rings (SSSR count). The Hall–Kier alpha value is -0.810. The fourth-order valence-electron chi connectivity index (χ4n) is 2.40. The van der Waals surface area contributed by atoms with Crippen molar-refractivity contribution in [3.63, 3.8) is 0 Å². The van der Waals surface area contributed by atoms with Gasteiger partial charge in [0.25, 0.3) is 5.91 Å². The van der Waals surface area contributed by atoms with E-state index in [0.717, 1.165) is 26.1 Å². The standard InChI is InChI=1S/C14H21BrN2O2/c1-10(2)16-8-11-4-3-7-17(9-11)14(18)12-5-6-13(15)19-12/h5-6,10-11,16H,3-4,7-9H2,1-2H3. The van der Waals surface area contributed by atoms with Gasteiger partial charge in [-0.15, -0.1) is 0 Å². The zero-order valence-corrected chi connectivity index (χ0v) is 13.1. The highest BCUT2D eigenvalue weighted by molar-refractivity contribution is 9.10. The molecular weight excluding hydrogens is 308 g/mol. The Morgan fingerprint density at radius 3 is 3.00 bits per heavy atom. The number of hydrogen-bond acceptors (Lipinski definition) is 3. The van der Waals surface area contributed by atoms with Crippen LogP contribution >= 0.6 is 15.9 Å². The second-order valence-electron chi connectivity index (χ2n) is 5.43. The maximum Gasteiger partial charge on any atom is 0.289 e. The van der Waals surface area contributed by atoms with E-state index in [2.05, 4.69) is 35.1 Å². The minimum absolute atomic E-state index is 0.0000491. The predicted molar refractivity (Wildman–Crippen MR) is 78.2 cm³/mol. The summed E-state index contributed by atoms with van der Waals surface area (Å²) in [6, 6.07) is 3.98. The monoisotopic (exact) mass is 328 g/mol. The van der Waals surface area contributed by atoms with E-state index in [4.69, 9.17) is 4.42 Å². The molecule has 1 aromatic heterocycles. The molecule has 2 heterocycles. The van der Waals surface area contributed by atoms with Gasteiger partial charge in [-0.3, -0.25) is 4.79 Å². The maximum atomic E-state index is 12.3. The molecular formula is C14H21BrN2O2. The summed E-state index contributed by atoms with van der Waals surface area (Å²) in [5.74, 6) is 0.961. The summed E-state index contributed by atoms with van der Waals surface area (Å²) < 4.78 is 5.94. The minimum Gasteiger partial charge on any atom is -0.444 e. The van der Waals surface area contributed by atoms with E-state index < -0.39 is 0 Å². The molecule has 1 aliphatic heterocycles. The van der Waals surface area contributed by atoms with E-state index in [1.807, 2.05) is 4.90 Å². The van der Waals surface area contributed by atoms with Crippen LogP contribution in [0.5, 0.6) is 0 Å². The molecule has 106 valence electrons. The molecule has 1 aliphatic rings. The molecule has 1 amide bonds. The van der Waals surface area contributed by atoms with Crippen molar-refractivity contribution < 1.29 is 9.21 Å². The van der Waals surface area contributed by atoms with Gasteiger partial charge in [-0.25, -0.2) is 0 Å². The summed E-state index contributed by atoms with van der Waals surface area (Å²) in [6.07, 6.45) is 2.25. The molecule has 0 radical (unpaired) electrons. The van der Waals surface area contributed by atoms with Crippen LogP contribution in [0, 0.1) is 5.92 Å². The summed E-state index contributed by atoms with van der Waals surface area (Å²) in [7, 11) is 0. The lowest BCUT2D eigenvalue weighted by Crippen LogP contribution is -2.43. The van der Waals surface area contributed by atoms with E-state index in [-0.39, 0.29) is 5.91 Å². The van der Waals surface area contributed by atoms with Crippen LogP contribution in [0.4, 0.5) is 0 Å². The van der Waals surface area contributed by atoms with Gasteiger partial charge in [0, 0.05) is 19.1 Å². The first kappa shape index (κ1) is 14.6. The summed E-state index contributed by atoms with van der Waals surface area (Å²) in [6.45, 7) is 6.91. The number of furan rings is 1. The van der Waals surface area contributed by atoms with E-state index in [0.29, 0.717) is 22.4 Å². The number of piperidine rings is 1. The molecule has 0 saturated carbocycles. The third-order valence-corrected chi connectivity index (χ3v) is 3.83. The van der Waals surface area contributed by atoms with Crippen LogP contribution in [0.25, 0.3) is 0 Å². The van der Waals surface area contributed by atoms with Crippen LogP contribution in [0.2, 0.25) is 0 Å². The van der Waals surface area contributed by atoms with Gasteiger partial charge in [0.15, 0.2) is 10.4 Å². The van der Waals surface area contributed by atoms with Crippen LogP contribution in [0.3, 0.4) is 0 Å². The van der Waals surface area contributed by atoms with E-state index in [1.54, 1.807) is 12.1 Å². The third kappa shape index (κ3) is 4.08. The average molecular weight is 329 g/mol. The Morgan fingerprint density at radius 1 is 1.58 bits per heavy atom. The van der Waals surface area contributed by atoms with Crippen LogP contribution in [0.15, 0.2) is 21.2 Å². The molecule has 0 aromatic carbocycles. The number of rotatable bonds is 4. The van der Waals surface area contributed by atoms with Crippen LogP contribution in [-0.2, 0) is 0 Å². The Morgan fingerprint density at radius 2 is 2.37 bits per heavy atom. The number of nitrogens with zero attached hydrogens (tertiary/aromatic N) is 1. The van der Waals surface area contributed by atoms with Crippen LogP contribution in [-0.4, -0.2) is 36.5 Å². The first-order chi connectivity index (χ1) is 9.06. The first-order valence-corrected chi connectivity index (χ1v) is 7.63. The number of carbonyl (C=O) groups excluding carboxylic acids is 1. The molecule has 0 spiro atoms. The SMILES string of the molecule is CC(C)NCC1CCCN(C(=O)c2ccc(Br)o2)C1. The Bertz CT molecular complexity index is 431. The first-order valence-electron chi connectivity index (χ1n) is 6.84. The zero-order chi connectivity index (χ0) is 13.8. The van der Waals surface area contributed by atoms with Crippen LogP contribution < -0.4 is 5.32 Å². The fourth-order valence-corrected chi connectivity index (χ4v) is 2.71. The largest absolute Gasteiger partial charge is 0.444 e. The van der Waals surface area contributed by atoms with Gasteiger partial charge in [-0.05, 0) is 53.4 Å². The minimum atomic E-state index is -0.0000491. The van der Waals surface area contributed by atoms with Crippen LogP contribution in [0.1, 0.15) is 37.2 Å². The molecule has 1 fully saturated rings. The number of halogens is 1. The Kier molecular flexibility index (Phi) is 5.05. The molecule has 1 unspecified atom stereocenters. The molecule has 1 saturated heterocycles. The second-order valence-corrected chi connectivity index (χ2v) is 6.21. The van der Waals surface area contributed by atoms with Gasteiger partial charge in [0.05, 0.1) is 0 Å². The smallest absolute Gasteiger partial charge is 0.289 e. The van der Waals surface area contributed by atoms with E-state index in [1.165, 1.54) is 6.42 Å². The molecule has 1 atom stereocenters. The number of nitrogens with one attached hydrogen (secondary N) is 1. The number of likely N-dealkylation sites (tertiary alicyclic amines) is 1. The van der Waals surface area contributed by atoms with Crippen molar-refractivity contribution in [3.8, 4) is 0 Å². The number of hydrogen-bond donors (Lipinski definition) is 1. The Balaban J connectivity index is 1.91. The predicted octanol–water partition coefficient (Wildman–Crippen LogP) is 2.89. The van der Waals surface area contributed by atoms with Gasteiger partial charge in [-0.2, -0.15) is 0 Å². The third-order valence-electron chi connectivity index (χ3n) is 3.40. The summed E-state index contributed by atoms with van der Waals surface area (Å²) in [5.41, 5.74) is 0. The number of amides is 1. The molecule has 5 heteroatoms. The van der Waals surface area contributed by atoms with Crippen molar-refractivity contribution in [2.75, 3.05) is 19.6 Å². The van der Waals surface area contributed by atoms with Gasteiger partial charge in [0.2, 0.25) is 0 Å². The lowest BCUT2D eigenvalue weighted by Gasteiger charge is -2.32. The molecule has 0 bridgehead atoms. The van der Waals surface area contributed by atoms with E-state index in [9.17, 15) is 4.79 Å². The average Bonchev–Trinajstić information content (AvgIpc) is 2.82. The molecule has 1 aromatic rings. The quantitative estimate of drug-likeness (QED) is 0.924. The topological polar surface area (TPSA) is 45.5 Å². The van der Waals surface area contributed by atoms with Crippen molar-refractivity contribution in [1.82, 2.24) is 10.2 Å². The van der Waals surface area contributed by atoms with Gasteiger partial charge >= 0.3 is 0 Å². The summed E-state index contributed by atoms with van der Waals surface area (Å²) in [4.78, 5) is 14.2. The molecule has 0 aliphatic carbocycles. The lowest BCUT2D eigenvalue weighted by molar-refractivity contribution is 0.0639. The fraction of sp³-hybridized carbons (Fsp3) is 0.643. The summed E-state index contributed by atoms with van der Waals surface area (Å²) >= 11 is 3.23. The normalized spacial score (nSPS) is 20.0. The molecule has 1 N–H and O–H groups in total. The van der Waals surface area contributed by atoms with Gasteiger partial charge < -0.3 is 14.6 Å². The van der Waals surface area contributed by atoms with Crippen molar-refractivity contribution in [2.45, 2.75) is 32.7 Å². The highest BCUT2D eigenvalue weighted by Gasteiger charge is 2.26. The zero-order valence-electron chi connectivity index (χ0n) is 11.5. The van der Waals surface area contributed by atoms with Crippen molar-refractivity contribution in [3.05, 3.63) is 22.6 Å². The van der Waals surface area contributed by atoms with E-state index >= 15 is 0 Å². The number of carbonyl (C=O) groups is 1. The highest BCUT2D eigenvalue weighted by Crippen LogP contribution is 2.20. The lowest BCUT2D eigenvalue weighted by atomic mass is 9.97. The molecule has 4 nitrogen and oxygen atoms in total. The Labute approximate surface area is 122 Å². The maximum absolute atomic E-state index is 12.3. The van der Waals surface area contributed by atoms with Crippen molar-refractivity contribution >= 4 is 21.8 Å². The highest BCUT2D eigenvalue weighted by atomic mass is 79.9. The van der Waals surface area contributed by atoms with Gasteiger partial charge in [-0.1, -0.05) is 13.8 Å². The second kappa shape index (κ2) is 6.57. The molecule has 19 heavy (non-hydrogen) atoms. The van der Waals surface area contributed by atoms with Crippen molar-refractivity contribution in [2.24, 2.45) is 5.92 Å².